The minimum Gasteiger partial charge on any atom is -0.343 e. The van der Waals surface area contributed by atoms with E-state index in [0.717, 1.165) is 19.1 Å². The lowest BCUT2D eigenvalue weighted by molar-refractivity contribution is -0.135. The maximum atomic E-state index is 12.0. The molecule has 19 heavy (non-hydrogen) atoms. The molecule has 0 atom stereocenters. The second-order valence-corrected chi connectivity index (χ2v) is 7.41. The molecule has 1 saturated carbocycles. The van der Waals surface area contributed by atoms with E-state index in [2.05, 4.69) is 37.9 Å². The molecule has 0 aromatic heterocycles. The Morgan fingerprint density at radius 1 is 1.21 bits per heavy atom. The minimum absolute atomic E-state index is 0.362. The van der Waals surface area contributed by atoms with E-state index < -0.39 is 0 Å². The third kappa shape index (κ3) is 3.71. The number of nitrogens with one attached hydrogen (secondary N) is 1. The van der Waals surface area contributed by atoms with Crippen molar-refractivity contribution >= 4 is 5.91 Å². The Labute approximate surface area is 118 Å². The SMILES string of the molecule is CC(C)CC(=O)N1CCC2(CC1)CC(NC(C)C)C2. The predicted molar refractivity (Wildman–Crippen MR) is 79.0 cm³/mol. The molecular formula is C16H30N2O. The van der Waals surface area contributed by atoms with Crippen LogP contribution in [0.1, 0.15) is 59.8 Å². The van der Waals surface area contributed by atoms with Crippen molar-refractivity contribution in [1.29, 1.82) is 0 Å². The number of hydrogen-bond acceptors (Lipinski definition) is 2. The summed E-state index contributed by atoms with van der Waals surface area (Å²) < 4.78 is 0. The lowest BCUT2D eigenvalue weighted by atomic mass is 9.60. The first-order valence-electron chi connectivity index (χ1n) is 7.94. The molecule has 0 aromatic rings. The molecule has 1 N–H and O–H groups in total. The fourth-order valence-corrected chi connectivity index (χ4v) is 3.69. The fraction of sp³-hybridized carbons (Fsp3) is 0.938. The molecule has 0 aromatic carbocycles. The fourth-order valence-electron chi connectivity index (χ4n) is 3.69. The summed E-state index contributed by atoms with van der Waals surface area (Å²) >= 11 is 0. The molecule has 3 nitrogen and oxygen atoms in total. The van der Waals surface area contributed by atoms with Crippen molar-refractivity contribution in [1.82, 2.24) is 10.2 Å². The number of likely N-dealkylation sites (tertiary alicyclic amines) is 1. The largest absolute Gasteiger partial charge is 0.343 e. The number of rotatable bonds is 4. The van der Waals surface area contributed by atoms with Crippen LogP contribution >= 0.6 is 0 Å². The molecule has 110 valence electrons. The van der Waals surface area contributed by atoms with E-state index in [0.29, 0.717) is 29.7 Å². The lowest BCUT2D eigenvalue weighted by Gasteiger charge is -2.53. The van der Waals surface area contributed by atoms with Gasteiger partial charge in [0.2, 0.25) is 5.91 Å². The summed E-state index contributed by atoms with van der Waals surface area (Å²) in [5.74, 6) is 0.841. The summed E-state index contributed by atoms with van der Waals surface area (Å²) in [4.78, 5) is 14.1. The van der Waals surface area contributed by atoms with E-state index in [1.807, 2.05) is 0 Å². The van der Waals surface area contributed by atoms with Gasteiger partial charge >= 0.3 is 0 Å². The van der Waals surface area contributed by atoms with Crippen LogP contribution < -0.4 is 5.32 Å². The maximum absolute atomic E-state index is 12.0. The van der Waals surface area contributed by atoms with Crippen molar-refractivity contribution < 1.29 is 4.79 Å². The quantitative estimate of drug-likeness (QED) is 0.848. The van der Waals surface area contributed by atoms with Gasteiger partial charge in [0.1, 0.15) is 0 Å². The summed E-state index contributed by atoms with van der Waals surface area (Å²) in [6, 6.07) is 1.31. The average Bonchev–Trinajstić information content (AvgIpc) is 2.26. The molecule has 1 heterocycles. The van der Waals surface area contributed by atoms with Gasteiger partial charge in [-0.2, -0.15) is 0 Å². The topological polar surface area (TPSA) is 32.3 Å². The maximum Gasteiger partial charge on any atom is 0.222 e. The van der Waals surface area contributed by atoms with Gasteiger partial charge in [-0.1, -0.05) is 27.7 Å². The number of piperidine rings is 1. The highest BCUT2D eigenvalue weighted by Crippen LogP contribution is 2.49. The first-order chi connectivity index (χ1) is 8.90. The van der Waals surface area contributed by atoms with Crippen LogP contribution in [-0.4, -0.2) is 36.0 Å². The summed E-state index contributed by atoms with van der Waals surface area (Å²) in [6.07, 6.45) is 5.78. The van der Waals surface area contributed by atoms with Crippen molar-refractivity contribution in [3.05, 3.63) is 0 Å². The van der Waals surface area contributed by atoms with Gasteiger partial charge < -0.3 is 10.2 Å². The second-order valence-electron chi connectivity index (χ2n) is 7.41. The van der Waals surface area contributed by atoms with Crippen molar-refractivity contribution in [3.63, 3.8) is 0 Å². The van der Waals surface area contributed by atoms with Crippen LogP contribution in [0.25, 0.3) is 0 Å². The molecular weight excluding hydrogens is 236 g/mol. The summed E-state index contributed by atoms with van der Waals surface area (Å²) in [5, 5.41) is 3.63. The highest BCUT2D eigenvalue weighted by Gasteiger charge is 2.46. The third-order valence-corrected chi connectivity index (χ3v) is 4.69. The van der Waals surface area contributed by atoms with Gasteiger partial charge in [-0.15, -0.1) is 0 Å². The Morgan fingerprint density at radius 2 is 1.79 bits per heavy atom. The minimum atomic E-state index is 0.362. The average molecular weight is 266 g/mol. The van der Waals surface area contributed by atoms with Crippen LogP contribution in [0.3, 0.4) is 0 Å². The monoisotopic (exact) mass is 266 g/mol. The van der Waals surface area contributed by atoms with E-state index in [1.165, 1.54) is 25.7 Å². The van der Waals surface area contributed by atoms with Gasteiger partial charge in [0, 0.05) is 31.6 Å². The Morgan fingerprint density at radius 3 is 2.26 bits per heavy atom. The van der Waals surface area contributed by atoms with Gasteiger partial charge in [-0.05, 0) is 37.0 Å². The van der Waals surface area contributed by atoms with Crippen LogP contribution in [-0.2, 0) is 4.79 Å². The lowest BCUT2D eigenvalue weighted by Crippen LogP contribution is -2.55. The standard InChI is InChI=1S/C16H30N2O/c1-12(2)9-15(19)18-7-5-16(6-8-18)10-14(11-16)17-13(3)4/h12-14,17H,5-11H2,1-4H3. The zero-order valence-corrected chi connectivity index (χ0v) is 13.0. The molecule has 0 bridgehead atoms. The van der Waals surface area contributed by atoms with Crippen molar-refractivity contribution in [2.45, 2.75) is 71.9 Å². The highest BCUT2D eigenvalue weighted by molar-refractivity contribution is 5.76. The molecule has 0 radical (unpaired) electrons. The van der Waals surface area contributed by atoms with Crippen LogP contribution in [0.5, 0.6) is 0 Å². The molecule has 2 aliphatic rings. The molecule has 1 saturated heterocycles. The first-order valence-corrected chi connectivity index (χ1v) is 7.94. The van der Waals surface area contributed by atoms with E-state index in [4.69, 9.17) is 0 Å². The summed E-state index contributed by atoms with van der Waals surface area (Å²) in [7, 11) is 0. The third-order valence-electron chi connectivity index (χ3n) is 4.69. The summed E-state index contributed by atoms with van der Waals surface area (Å²) in [5.41, 5.74) is 0.557. The van der Waals surface area contributed by atoms with Crippen LogP contribution in [0.15, 0.2) is 0 Å². The second kappa shape index (κ2) is 5.82. The van der Waals surface area contributed by atoms with Gasteiger partial charge in [-0.25, -0.2) is 0 Å². The smallest absolute Gasteiger partial charge is 0.222 e. The van der Waals surface area contributed by atoms with Crippen molar-refractivity contribution in [2.24, 2.45) is 11.3 Å². The van der Waals surface area contributed by atoms with Gasteiger partial charge in [-0.3, -0.25) is 4.79 Å². The zero-order valence-electron chi connectivity index (χ0n) is 13.0. The Bertz CT molecular complexity index is 309. The van der Waals surface area contributed by atoms with E-state index >= 15 is 0 Å². The number of carbonyl (C=O) groups is 1. The van der Waals surface area contributed by atoms with Gasteiger partial charge in [0.15, 0.2) is 0 Å². The zero-order chi connectivity index (χ0) is 14.0. The normalized spacial score (nSPS) is 23.2. The Hall–Kier alpha value is -0.570. The number of hydrogen-bond donors (Lipinski definition) is 1. The van der Waals surface area contributed by atoms with Crippen LogP contribution in [0.2, 0.25) is 0 Å². The molecule has 1 aliphatic carbocycles. The highest BCUT2D eigenvalue weighted by atomic mass is 16.2. The van der Waals surface area contributed by atoms with Gasteiger partial charge in [0.05, 0.1) is 0 Å². The van der Waals surface area contributed by atoms with Crippen LogP contribution in [0.4, 0.5) is 0 Å². The van der Waals surface area contributed by atoms with E-state index in [1.54, 1.807) is 0 Å². The molecule has 3 heteroatoms. The molecule has 1 spiro atoms. The number of nitrogens with zero attached hydrogens (tertiary/aromatic N) is 1. The van der Waals surface area contributed by atoms with E-state index in [-0.39, 0.29) is 0 Å². The molecule has 1 aliphatic heterocycles. The summed E-state index contributed by atoms with van der Waals surface area (Å²) in [6.45, 7) is 10.7. The van der Waals surface area contributed by atoms with Crippen molar-refractivity contribution in [2.75, 3.05) is 13.1 Å². The first kappa shape index (κ1) is 14.8. The Balaban J connectivity index is 1.73. The molecule has 2 fully saturated rings. The number of amides is 1. The van der Waals surface area contributed by atoms with Gasteiger partial charge in [0.25, 0.3) is 0 Å². The van der Waals surface area contributed by atoms with Crippen LogP contribution in [0, 0.1) is 11.3 Å². The Kier molecular flexibility index (Phi) is 4.54. The molecule has 1 amide bonds. The predicted octanol–water partition coefficient (Wildman–Crippen LogP) is 2.80. The van der Waals surface area contributed by atoms with Crippen molar-refractivity contribution in [3.8, 4) is 0 Å². The molecule has 0 unspecified atom stereocenters. The molecule has 2 rings (SSSR count). The van der Waals surface area contributed by atoms with E-state index in [9.17, 15) is 4.79 Å². The number of carbonyl (C=O) groups excluding carboxylic acids is 1.